The van der Waals surface area contributed by atoms with Crippen LogP contribution in [0.25, 0.3) is 0 Å². The third-order valence-corrected chi connectivity index (χ3v) is 6.12. The standard InChI is InChI=1S/4C10H8O2.12CO.2Co/c4*1-2-5-8-6-3-4-7-9(8)10(11)12;12*1-2;;/h4*1,3-4,6-7H,5H2,(H,11,12);;;;;;;;;;;;;;/q;;;;;;;;;;;;;;;;2*+2/p-4. The van der Waals surface area contributed by atoms with Gasteiger partial charge in [0.15, 0.2) is 0 Å². The van der Waals surface area contributed by atoms with E-state index in [4.69, 9.17) is 83.2 Å². The molecule has 26 radical (unpaired) electrons. The van der Waals surface area contributed by atoms with Crippen LogP contribution in [0.4, 0.5) is 0 Å². The van der Waals surface area contributed by atoms with E-state index >= 15 is 0 Å². The topological polar surface area (TPSA) is 365 Å². The first kappa shape index (κ1) is 102. The number of carbonyl (C=O) groups is 4. The van der Waals surface area contributed by atoms with Crippen LogP contribution in [0, 0.1) is 49.4 Å². The second kappa shape index (κ2) is 96.9. The summed E-state index contributed by atoms with van der Waals surface area (Å²) in [7, 11) is 0. The zero-order valence-electron chi connectivity index (χ0n) is 37.2. The van der Waals surface area contributed by atoms with Gasteiger partial charge in [-0.3, -0.25) is 57.5 Å². The number of terminal acetylenes is 4. The van der Waals surface area contributed by atoms with Gasteiger partial charge in [-0.05, 0) is 22.3 Å². The first-order valence-corrected chi connectivity index (χ1v) is 16.4. The van der Waals surface area contributed by atoms with Crippen LogP contribution in [0.3, 0.4) is 0 Å². The number of hydrogen-bond donors (Lipinski definition) is 0. The minimum atomic E-state index is -1.18. The van der Waals surface area contributed by atoms with Crippen LogP contribution in [-0.2, 0) is 117 Å². The van der Waals surface area contributed by atoms with Crippen molar-refractivity contribution in [2.45, 2.75) is 25.7 Å². The quantitative estimate of drug-likeness (QED) is 0.152. The van der Waals surface area contributed by atoms with E-state index in [0.717, 1.165) is 0 Å². The molecule has 0 saturated carbocycles. The normalized spacial score (nSPS) is 6.43. The molecule has 0 aliphatic carbocycles. The number of hydrogen-bond acceptors (Lipinski definition) is 20. The Morgan fingerprint density at radius 1 is 0.284 bits per heavy atom. The Labute approximate surface area is 450 Å². The first-order chi connectivity index (χ1) is 35.0. The maximum atomic E-state index is 10.5. The van der Waals surface area contributed by atoms with Crippen LogP contribution >= 0.6 is 0 Å². The van der Waals surface area contributed by atoms with Gasteiger partial charge in [0.25, 0.3) is 81.5 Å². The summed E-state index contributed by atoms with van der Waals surface area (Å²) < 4.78 is 0. The Morgan fingerprint density at radius 3 is 0.486 bits per heavy atom. The van der Waals surface area contributed by atoms with E-state index in [1.807, 2.05) is 0 Å². The molecule has 0 fully saturated rings. The fourth-order valence-corrected chi connectivity index (χ4v) is 3.93. The molecular weight excluding hydrogens is 1060 g/mol. The van der Waals surface area contributed by atoms with E-state index in [1.54, 1.807) is 72.8 Å². The molecule has 4 rings (SSSR count). The van der Waals surface area contributed by atoms with Gasteiger partial charge in [0.2, 0.25) is 0 Å². The molecule has 0 aromatic heterocycles. The average molecular weight is 1090 g/mol. The van der Waals surface area contributed by atoms with Gasteiger partial charge in [-0.15, -0.1) is 49.4 Å². The number of benzene rings is 4. The summed E-state index contributed by atoms with van der Waals surface area (Å²) in [5.41, 5.74) is 3.21. The van der Waals surface area contributed by atoms with Crippen molar-refractivity contribution in [3.8, 4) is 49.4 Å². The second-order valence-corrected chi connectivity index (χ2v) is 9.30. The Balaban J connectivity index is -0.0000000470. The summed E-state index contributed by atoms with van der Waals surface area (Å²) in [5.74, 6) is 4.83. The molecular formula is C52H28Co2O20. The van der Waals surface area contributed by atoms with Crippen molar-refractivity contribution in [2.24, 2.45) is 0 Å². The van der Waals surface area contributed by atoms with Crippen molar-refractivity contribution in [1.82, 2.24) is 0 Å². The van der Waals surface area contributed by atoms with Gasteiger partial charge < -0.3 is 39.6 Å². The van der Waals surface area contributed by atoms with Crippen LogP contribution in [0.15, 0.2) is 97.1 Å². The fourth-order valence-electron chi connectivity index (χ4n) is 3.93. The van der Waals surface area contributed by atoms with Crippen LogP contribution in [0.1, 0.15) is 63.7 Å². The fraction of sp³-hybridized carbons (Fsp3) is 0.0769. The Bertz CT molecular complexity index is 1820. The number of carbonyl (C=O) groups excluding carboxylic acids is 16. The first-order valence-electron chi connectivity index (χ1n) is 16.4. The van der Waals surface area contributed by atoms with Crippen molar-refractivity contribution in [2.75, 3.05) is 0 Å². The summed E-state index contributed by atoms with van der Waals surface area (Å²) in [6.07, 6.45) is 21.6. The smallest absolute Gasteiger partial charge is 0.545 e. The van der Waals surface area contributed by atoms with Gasteiger partial charge in [0.1, 0.15) is 0 Å². The third-order valence-electron chi connectivity index (χ3n) is 6.12. The summed E-state index contributed by atoms with van der Waals surface area (Å²) in [5, 5.41) is 42.1. The molecule has 0 saturated heterocycles. The van der Waals surface area contributed by atoms with Crippen LogP contribution in [-0.4, -0.2) is 105 Å². The summed E-state index contributed by atoms with van der Waals surface area (Å²) in [6, 6.07) is 26.3. The Morgan fingerprint density at radius 2 is 0.392 bits per heavy atom. The summed E-state index contributed by atoms with van der Waals surface area (Å²) in [6.45, 7) is 54.0. The summed E-state index contributed by atoms with van der Waals surface area (Å²) >= 11 is 0. The van der Waals surface area contributed by atoms with Gasteiger partial charge in [-0.1, -0.05) is 97.1 Å². The molecule has 374 valence electrons. The van der Waals surface area contributed by atoms with E-state index < -0.39 is 23.9 Å². The average Bonchev–Trinajstić information content (AvgIpc) is 3.46. The van der Waals surface area contributed by atoms with Gasteiger partial charge >= 0.3 is 33.6 Å². The molecule has 0 aliphatic rings. The maximum Gasteiger partial charge on any atom is 2.00 e. The minimum absolute atomic E-state index is 0. The molecule has 22 heteroatoms. The molecule has 0 N–H and O–H groups in total. The number of rotatable bonds is 8. The van der Waals surface area contributed by atoms with Gasteiger partial charge in [-0.25, -0.2) is 0 Å². The second-order valence-electron chi connectivity index (χ2n) is 9.30. The molecule has 0 amide bonds. The van der Waals surface area contributed by atoms with Crippen molar-refractivity contribution < 1.29 is 131 Å². The van der Waals surface area contributed by atoms with E-state index in [1.165, 1.54) is 24.3 Å². The molecule has 0 bridgehead atoms. The monoisotopic (exact) mass is 1090 g/mol. The predicted molar refractivity (Wildman–Crippen MR) is 242 cm³/mol. The van der Waals surface area contributed by atoms with E-state index in [2.05, 4.69) is 105 Å². The van der Waals surface area contributed by atoms with Crippen molar-refractivity contribution in [3.63, 3.8) is 0 Å². The zero-order valence-corrected chi connectivity index (χ0v) is 39.3. The van der Waals surface area contributed by atoms with Gasteiger partial charge in [-0.2, -0.15) is 0 Å². The largest absolute Gasteiger partial charge is 2.00 e. The molecule has 4 aromatic rings. The third kappa shape index (κ3) is 60.1. The van der Waals surface area contributed by atoms with Crippen molar-refractivity contribution in [1.29, 1.82) is 0 Å². The van der Waals surface area contributed by atoms with Crippen molar-refractivity contribution >= 4 is 105 Å². The molecule has 0 spiro atoms. The maximum absolute atomic E-state index is 10.5. The number of carboxylic acids is 4. The molecule has 0 atom stereocenters. The molecule has 74 heavy (non-hydrogen) atoms. The van der Waals surface area contributed by atoms with E-state index in [9.17, 15) is 39.6 Å². The zero-order chi connectivity index (χ0) is 59.9. The van der Waals surface area contributed by atoms with E-state index in [-0.39, 0.29) is 55.8 Å². The van der Waals surface area contributed by atoms with Gasteiger partial charge in [0, 0.05) is 47.9 Å². The molecule has 0 unspecified atom stereocenters. The Kier molecular flexibility index (Phi) is 133. The molecule has 4 aromatic carbocycles. The Hall–Kier alpha value is -9.95. The molecule has 20 nitrogen and oxygen atoms in total. The SMILES string of the molecule is C#CCc1ccccc1C(=O)[O-].C#CCc1ccccc1C(=O)[O-].C#CCc1ccccc1C(=O)[O-].C#CCc1ccccc1C(=O)[O-].[C]=O.[C]=O.[C]=O.[C]=O.[C]=O.[C]=O.[C]=O.[C]=O.[C]=O.[C]=O.[C]=O.[C]=O.[Co+2].[Co+2]. The van der Waals surface area contributed by atoms with Crippen LogP contribution in [0.5, 0.6) is 0 Å². The minimum Gasteiger partial charge on any atom is -0.545 e. The van der Waals surface area contributed by atoms with Crippen LogP contribution in [0.2, 0.25) is 0 Å². The summed E-state index contributed by atoms with van der Waals surface area (Å²) in [4.78, 5) is 132. The van der Waals surface area contributed by atoms with Crippen molar-refractivity contribution in [3.05, 3.63) is 142 Å². The molecule has 0 aliphatic heterocycles. The molecule has 0 heterocycles. The van der Waals surface area contributed by atoms with Gasteiger partial charge in [0.05, 0.1) is 23.9 Å². The number of carboxylic acid groups (broad SMARTS) is 4. The van der Waals surface area contributed by atoms with E-state index in [0.29, 0.717) is 47.9 Å². The number of aromatic carboxylic acids is 4. The predicted octanol–water partition coefficient (Wildman–Crippen LogP) is -3.87. The van der Waals surface area contributed by atoms with Crippen LogP contribution < -0.4 is 20.4 Å².